The van der Waals surface area contributed by atoms with E-state index in [-0.39, 0.29) is 6.67 Å². The number of hydrogen-bond donors (Lipinski definition) is 0. The number of rotatable bonds is 9. The molecule has 0 unspecified atom stereocenters. The zero-order valence-electron chi connectivity index (χ0n) is 20.9. The largest absolute Gasteiger partial charge is 0.251 e. The van der Waals surface area contributed by atoms with Crippen molar-refractivity contribution in [3.8, 4) is 0 Å². The third-order valence-corrected chi connectivity index (χ3v) is 9.79. The van der Waals surface area contributed by atoms with Gasteiger partial charge in [0.05, 0.1) is 6.67 Å². The summed E-state index contributed by atoms with van der Waals surface area (Å²) in [7, 11) is 0. The van der Waals surface area contributed by atoms with Crippen molar-refractivity contribution in [2.75, 3.05) is 6.67 Å². The standard InChI is InChI=1S/C31H49F/c1-2-3-24-6-14-28(15-7-24)29-16-8-25(9-17-29)4-5-26-10-18-30(19-11-26)31-20-12-27(13-21-31)22-23-32/h6-7,14-15,25-27,29-31H,2-5,8-13,16-23H2,1H3/t25-,26-,27-,29-,30-,31-. The average Bonchev–Trinajstić information content (AvgIpc) is 2.85. The first-order chi connectivity index (χ1) is 15.7. The lowest BCUT2D eigenvalue weighted by Gasteiger charge is -2.38. The van der Waals surface area contributed by atoms with Crippen LogP contribution in [0.2, 0.25) is 0 Å². The maximum atomic E-state index is 12.6. The summed E-state index contributed by atoms with van der Waals surface area (Å²) >= 11 is 0. The third-order valence-electron chi connectivity index (χ3n) is 9.79. The molecule has 0 nitrogen and oxygen atoms in total. The van der Waals surface area contributed by atoms with Crippen molar-refractivity contribution in [3.05, 3.63) is 35.4 Å². The fourth-order valence-corrected chi connectivity index (χ4v) is 7.55. The Morgan fingerprint density at radius 3 is 1.56 bits per heavy atom. The van der Waals surface area contributed by atoms with Crippen LogP contribution in [-0.2, 0) is 6.42 Å². The van der Waals surface area contributed by atoms with Crippen molar-refractivity contribution in [2.24, 2.45) is 29.6 Å². The van der Waals surface area contributed by atoms with E-state index in [1.54, 1.807) is 5.56 Å². The van der Waals surface area contributed by atoms with E-state index in [1.807, 2.05) is 0 Å². The highest BCUT2D eigenvalue weighted by molar-refractivity contribution is 5.25. The van der Waals surface area contributed by atoms with E-state index in [1.165, 1.54) is 108 Å². The lowest BCUT2D eigenvalue weighted by atomic mass is 9.68. The molecule has 0 N–H and O–H groups in total. The molecule has 0 saturated heterocycles. The van der Waals surface area contributed by atoms with Gasteiger partial charge in [-0.2, -0.15) is 0 Å². The second-order valence-corrected chi connectivity index (χ2v) is 11.8. The molecule has 3 aliphatic carbocycles. The Morgan fingerprint density at radius 1 is 0.625 bits per heavy atom. The molecule has 1 aromatic carbocycles. The molecule has 0 radical (unpaired) electrons. The van der Waals surface area contributed by atoms with E-state index in [9.17, 15) is 4.39 Å². The second kappa shape index (κ2) is 12.6. The molecular formula is C31H49F. The number of aryl methyl sites for hydroxylation is 1. The average molecular weight is 441 g/mol. The molecule has 32 heavy (non-hydrogen) atoms. The van der Waals surface area contributed by atoms with E-state index in [0.717, 1.165) is 36.0 Å². The zero-order valence-corrected chi connectivity index (χ0v) is 20.9. The van der Waals surface area contributed by atoms with Gasteiger partial charge in [0.2, 0.25) is 0 Å². The Balaban J connectivity index is 1.11. The maximum absolute atomic E-state index is 12.6. The van der Waals surface area contributed by atoms with Gasteiger partial charge in [-0.05, 0) is 111 Å². The molecule has 0 aromatic heterocycles. The van der Waals surface area contributed by atoms with Crippen molar-refractivity contribution in [1.82, 2.24) is 0 Å². The first-order valence-electron chi connectivity index (χ1n) is 14.4. The van der Waals surface area contributed by atoms with E-state index in [2.05, 4.69) is 31.2 Å². The lowest BCUT2D eigenvalue weighted by Crippen LogP contribution is -2.26. The Bertz CT molecular complexity index is 625. The lowest BCUT2D eigenvalue weighted by molar-refractivity contribution is 0.135. The van der Waals surface area contributed by atoms with Gasteiger partial charge in [0.1, 0.15) is 0 Å². The topological polar surface area (TPSA) is 0 Å². The summed E-state index contributed by atoms with van der Waals surface area (Å²) in [6, 6.07) is 9.58. The fraction of sp³-hybridized carbons (Fsp3) is 0.806. The SMILES string of the molecule is CCCc1ccc([C@H]2CC[C@H](CC[C@H]3CC[C@H]([C@H]4CC[C@H](CCF)CC4)CC3)CC2)cc1. The summed E-state index contributed by atoms with van der Waals surface area (Å²) in [5.74, 6) is 5.49. The van der Waals surface area contributed by atoms with Crippen LogP contribution in [-0.4, -0.2) is 6.67 Å². The molecule has 0 spiro atoms. The number of benzene rings is 1. The summed E-state index contributed by atoms with van der Waals surface area (Å²) in [5, 5.41) is 0. The quantitative estimate of drug-likeness (QED) is 0.358. The summed E-state index contributed by atoms with van der Waals surface area (Å²) < 4.78 is 12.6. The third kappa shape index (κ3) is 6.83. The summed E-state index contributed by atoms with van der Waals surface area (Å²) in [5.41, 5.74) is 3.10. The van der Waals surface area contributed by atoms with Crippen LogP contribution < -0.4 is 0 Å². The van der Waals surface area contributed by atoms with Gasteiger partial charge in [0.25, 0.3) is 0 Å². The van der Waals surface area contributed by atoms with Crippen LogP contribution in [0.4, 0.5) is 4.39 Å². The summed E-state index contributed by atoms with van der Waals surface area (Å²) in [6.07, 6.45) is 23.4. The van der Waals surface area contributed by atoms with Crippen molar-refractivity contribution in [2.45, 2.75) is 122 Å². The highest BCUT2D eigenvalue weighted by Gasteiger charge is 2.31. The number of hydrogen-bond acceptors (Lipinski definition) is 0. The number of halogens is 1. The first kappa shape index (κ1) is 24.3. The van der Waals surface area contributed by atoms with E-state index >= 15 is 0 Å². The molecule has 3 saturated carbocycles. The summed E-state index contributed by atoms with van der Waals surface area (Å²) in [6.45, 7) is 2.16. The molecule has 0 aliphatic heterocycles. The highest BCUT2D eigenvalue weighted by Crippen LogP contribution is 2.44. The molecule has 4 rings (SSSR count). The van der Waals surface area contributed by atoms with Crippen LogP contribution in [0.15, 0.2) is 24.3 Å². The molecule has 0 bridgehead atoms. The highest BCUT2D eigenvalue weighted by atomic mass is 19.1. The predicted octanol–water partition coefficient (Wildman–Crippen LogP) is 9.67. The van der Waals surface area contributed by atoms with Crippen LogP contribution in [0.25, 0.3) is 0 Å². The van der Waals surface area contributed by atoms with Crippen LogP contribution >= 0.6 is 0 Å². The number of alkyl halides is 1. The van der Waals surface area contributed by atoms with E-state index < -0.39 is 0 Å². The van der Waals surface area contributed by atoms with Crippen molar-refractivity contribution in [1.29, 1.82) is 0 Å². The van der Waals surface area contributed by atoms with Crippen molar-refractivity contribution >= 4 is 0 Å². The van der Waals surface area contributed by atoms with Crippen LogP contribution in [0.1, 0.15) is 127 Å². The van der Waals surface area contributed by atoms with Gasteiger partial charge >= 0.3 is 0 Å². The predicted molar refractivity (Wildman–Crippen MR) is 136 cm³/mol. The smallest absolute Gasteiger partial charge is 0.0897 e. The minimum absolute atomic E-state index is 0.103. The maximum Gasteiger partial charge on any atom is 0.0897 e. The molecule has 180 valence electrons. The van der Waals surface area contributed by atoms with Crippen molar-refractivity contribution in [3.63, 3.8) is 0 Å². The van der Waals surface area contributed by atoms with Crippen molar-refractivity contribution < 1.29 is 4.39 Å². The van der Waals surface area contributed by atoms with Gasteiger partial charge in [-0.15, -0.1) is 0 Å². The molecule has 0 atom stereocenters. The van der Waals surface area contributed by atoms with Crippen LogP contribution in [0.5, 0.6) is 0 Å². The molecule has 3 aliphatic rings. The van der Waals surface area contributed by atoms with Gasteiger partial charge in [0, 0.05) is 0 Å². The first-order valence-corrected chi connectivity index (χ1v) is 14.4. The Morgan fingerprint density at radius 2 is 1.09 bits per heavy atom. The van der Waals surface area contributed by atoms with Crippen LogP contribution in [0, 0.1) is 29.6 Å². The minimum atomic E-state index is -0.103. The van der Waals surface area contributed by atoms with E-state index in [4.69, 9.17) is 0 Å². The van der Waals surface area contributed by atoms with Gasteiger partial charge in [-0.25, -0.2) is 0 Å². The second-order valence-electron chi connectivity index (χ2n) is 11.8. The molecule has 1 aromatic rings. The molecule has 0 amide bonds. The molecular weight excluding hydrogens is 391 g/mol. The Labute approximate surface area is 198 Å². The van der Waals surface area contributed by atoms with E-state index in [0.29, 0.717) is 5.92 Å². The monoisotopic (exact) mass is 440 g/mol. The Hall–Kier alpha value is -0.850. The normalized spacial score (nSPS) is 33.8. The van der Waals surface area contributed by atoms with Gasteiger partial charge < -0.3 is 0 Å². The van der Waals surface area contributed by atoms with Gasteiger partial charge in [-0.3, -0.25) is 4.39 Å². The van der Waals surface area contributed by atoms with Gasteiger partial charge in [0.15, 0.2) is 0 Å². The zero-order chi connectivity index (χ0) is 22.2. The fourth-order valence-electron chi connectivity index (χ4n) is 7.55. The molecule has 1 heteroatoms. The summed E-state index contributed by atoms with van der Waals surface area (Å²) in [4.78, 5) is 0. The Kier molecular flexibility index (Phi) is 9.54. The molecule has 3 fully saturated rings. The van der Waals surface area contributed by atoms with Crippen LogP contribution in [0.3, 0.4) is 0 Å². The van der Waals surface area contributed by atoms with Gasteiger partial charge in [-0.1, -0.05) is 76.1 Å². The minimum Gasteiger partial charge on any atom is -0.251 e. The molecule has 0 heterocycles.